The fourth-order valence-electron chi connectivity index (χ4n) is 3.12. The monoisotopic (exact) mass is 386 g/mol. The molecule has 2 amide bonds. The summed E-state index contributed by atoms with van der Waals surface area (Å²) >= 11 is 6.05. The van der Waals surface area contributed by atoms with Gasteiger partial charge in [0.2, 0.25) is 0 Å². The zero-order valence-electron chi connectivity index (χ0n) is 15.0. The lowest BCUT2D eigenvalue weighted by atomic mass is 9.95. The predicted molar refractivity (Wildman–Crippen MR) is 106 cm³/mol. The van der Waals surface area contributed by atoms with E-state index in [1.165, 1.54) is 19.3 Å². The largest absolute Gasteiger partial charge is 0.484 e. The first-order valence-electron chi connectivity index (χ1n) is 9.20. The summed E-state index contributed by atoms with van der Waals surface area (Å²) in [6.07, 6.45) is 5.67. The minimum atomic E-state index is -0.260. The molecule has 0 bridgehead atoms. The second-order valence-electron chi connectivity index (χ2n) is 6.65. The molecule has 2 aromatic carbocycles. The van der Waals surface area contributed by atoms with Crippen molar-refractivity contribution in [3.63, 3.8) is 0 Å². The molecule has 27 heavy (non-hydrogen) atoms. The van der Waals surface area contributed by atoms with Gasteiger partial charge in [0.15, 0.2) is 6.61 Å². The smallest absolute Gasteiger partial charge is 0.258 e. The fraction of sp³-hybridized carbons (Fsp3) is 0.333. The second-order valence-corrected chi connectivity index (χ2v) is 7.06. The van der Waals surface area contributed by atoms with E-state index in [0.717, 1.165) is 12.8 Å². The van der Waals surface area contributed by atoms with Gasteiger partial charge in [-0.2, -0.15) is 0 Å². The molecule has 3 rings (SSSR count). The summed E-state index contributed by atoms with van der Waals surface area (Å²) in [6.45, 7) is -0.0261. The van der Waals surface area contributed by atoms with Gasteiger partial charge in [-0.25, -0.2) is 0 Å². The molecule has 5 nitrogen and oxygen atoms in total. The molecule has 0 unspecified atom stereocenters. The molecule has 142 valence electrons. The summed E-state index contributed by atoms with van der Waals surface area (Å²) in [5, 5.41) is 6.26. The molecule has 2 N–H and O–H groups in total. The Balaban J connectivity index is 1.48. The second kappa shape index (κ2) is 9.42. The number of hydrogen-bond acceptors (Lipinski definition) is 3. The van der Waals surface area contributed by atoms with E-state index >= 15 is 0 Å². The van der Waals surface area contributed by atoms with Crippen molar-refractivity contribution in [3.05, 3.63) is 59.1 Å². The van der Waals surface area contributed by atoms with Crippen LogP contribution in [0.2, 0.25) is 5.02 Å². The third-order valence-electron chi connectivity index (χ3n) is 4.58. The van der Waals surface area contributed by atoms with Crippen LogP contribution in [-0.4, -0.2) is 24.5 Å². The minimum absolute atomic E-state index is 0.0261. The molecule has 1 saturated carbocycles. The van der Waals surface area contributed by atoms with Crippen molar-refractivity contribution in [1.29, 1.82) is 0 Å². The summed E-state index contributed by atoms with van der Waals surface area (Å²) in [5.41, 5.74) is 1.04. The van der Waals surface area contributed by atoms with Crippen LogP contribution in [-0.2, 0) is 4.79 Å². The zero-order valence-corrected chi connectivity index (χ0v) is 15.8. The molecule has 0 atom stereocenters. The fourth-order valence-corrected chi connectivity index (χ4v) is 3.31. The number of hydrogen-bond donors (Lipinski definition) is 2. The molecule has 0 radical (unpaired) electrons. The van der Waals surface area contributed by atoms with Gasteiger partial charge >= 0.3 is 0 Å². The van der Waals surface area contributed by atoms with Crippen molar-refractivity contribution in [3.8, 4) is 5.75 Å². The number of para-hydroxylation sites is 1. The molecule has 0 aliphatic heterocycles. The van der Waals surface area contributed by atoms with Gasteiger partial charge in [-0.3, -0.25) is 9.59 Å². The van der Waals surface area contributed by atoms with E-state index in [9.17, 15) is 9.59 Å². The molecule has 0 spiro atoms. The predicted octanol–water partition coefficient (Wildman–Crippen LogP) is 4.42. The molecular formula is C21H23ClN2O3. The Hall–Kier alpha value is -2.53. The average Bonchev–Trinajstić information content (AvgIpc) is 2.69. The first kappa shape index (κ1) is 19.2. The maximum Gasteiger partial charge on any atom is 0.258 e. The molecule has 0 saturated heterocycles. The molecule has 1 fully saturated rings. The summed E-state index contributed by atoms with van der Waals surface area (Å²) in [6, 6.07) is 14.0. The van der Waals surface area contributed by atoms with E-state index in [2.05, 4.69) is 10.6 Å². The van der Waals surface area contributed by atoms with E-state index < -0.39 is 0 Å². The van der Waals surface area contributed by atoms with Crippen molar-refractivity contribution in [2.24, 2.45) is 0 Å². The molecule has 2 aromatic rings. The van der Waals surface area contributed by atoms with E-state index in [1.807, 2.05) is 0 Å². The quantitative estimate of drug-likeness (QED) is 0.772. The Bertz CT molecular complexity index is 786. The van der Waals surface area contributed by atoms with Gasteiger partial charge in [0.1, 0.15) is 5.75 Å². The maximum absolute atomic E-state index is 12.3. The van der Waals surface area contributed by atoms with Gasteiger partial charge in [-0.1, -0.05) is 43.0 Å². The van der Waals surface area contributed by atoms with Crippen LogP contribution in [0.1, 0.15) is 42.5 Å². The van der Waals surface area contributed by atoms with E-state index in [0.29, 0.717) is 22.0 Å². The van der Waals surface area contributed by atoms with Gasteiger partial charge in [0.25, 0.3) is 11.8 Å². The highest BCUT2D eigenvalue weighted by Gasteiger charge is 2.16. The molecule has 0 heterocycles. The lowest BCUT2D eigenvalue weighted by Crippen LogP contribution is -2.38. The number of benzene rings is 2. The SMILES string of the molecule is O=C(COc1ccc(C(=O)Nc2ccccc2Cl)cc1)NC1CCCCC1. The summed E-state index contributed by atoms with van der Waals surface area (Å²) in [5.74, 6) is 0.176. The number of carbonyl (C=O) groups excluding carboxylic acids is 2. The average molecular weight is 387 g/mol. The van der Waals surface area contributed by atoms with Gasteiger partial charge in [-0.05, 0) is 49.2 Å². The highest BCUT2D eigenvalue weighted by atomic mass is 35.5. The van der Waals surface area contributed by atoms with Crippen LogP contribution in [0.15, 0.2) is 48.5 Å². The number of halogens is 1. The van der Waals surface area contributed by atoms with Crippen molar-refractivity contribution in [1.82, 2.24) is 5.32 Å². The van der Waals surface area contributed by atoms with E-state index in [4.69, 9.17) is 16.3 Å². The van der Waals surface area contributed by atoms with Crippen LogP contribution >= 0.6 is 11.6 Å². The maximum atomic E-state index is 12.3. The highest BCUT2D eigenvalue weighted by molar-refractivity contribution is 6.33. The summed E-state index contributed by atoms with van der Waals surface area (Å²) in [4.78, 5) is 24.3. The van der Waals surface area contributed by atoms with Crippen LogP contribution < -0.4 is 15.4 Å². The standard InChI is InChI=1S/C21H23ClN2O3/c22-18-8-4-5-9-19(18)24-21(26)15-10-12-17(13-11-15)27-14-20(25)23-16-6-2-1-3-7-16/h4-5,8-13,16H,1-3,6-7,14H2,(H,23,25)(H,24,26). The van der Waals surface area contributed by atoms with E-state index in [1.54, 1.807) is 48.5 Å². The number of anilines is 1. The van der Waals surface area contributed by atoms with Crippen LogP contribution in [0.25, 0.3) is 0 Å². The Morgan fingerprint density at radius 1 is 1.00 bits per heavy atom. The van der Waals surface area contributed by atoms with Crippen LogP contribution in [0, 0.1) is 0 Å². The highest BCUT2D eigenvalue weighted by Crippen LogP contribution is 2.22. The zero-order chi connectivity index (χ0) is 19.1. The van der Waals surface area contributed by atoms with Gasteiger partial charge < -0.3 is 15.4 Å². The number of nitrogens with one attached hydrogen (secondary N) is 2. The normalized spacial score (nSPS) is 14.4. The summed E-state index contributed by atoms with van der Waals surface area (Å²) in [7, 11) is 0. The Kier molecular flexibility index (Phi) is 6.71. The van der Waals surface area contributed by atoms with Gasteiger partial charge in [0.05, 0.1) is 10.7 Å². The minimum Gasteiger partial charge on any atom is -0.484 e. The molecule has 0 aromatic heterocycles. The number of ether oxygens (including phenoxy) is 1. The van der Waals surface area contributed by atoms with Gasteiger partial charge in [-0.15, -0.1) is 0 Å². The number of rotatable bonds is 6. The van der Waals surface area contributed by atoms with Crippen LogP contribution in [0.5, 0.6) is 5.75 Å². The van der Waals surface area contributed by atoms with Crippen LogP contribution in [0.4, 0.5) is 5.69 Å². The third kappa shape index (κ3) is 5.73. The van der Waals surface area contributed by atoms with Crippen LogP contribution in [0.3, 0.4) is 0 Å². The Labute approximate surface area is 164 Å². The van der Waals surface area contributed by atoms with Crippen molar-refractivity contribution in [2.45, 2.75) is 38.1 Å². The Morgan fingerprint density at radius 3 is 2.41 bits per heavy atom. The van der Waals surface area contributed by atoms with Crippen molar-refractivity contribution < 1.29 is 14.3 Å². The van der Waals surface area contributed by atoms with Crippen molar-refractivity contribution in [2.75, 3.05) is 11.9 Å². The number of amides is 2. The Morgan fingerprint density at radius 2 is 1.70 bits per heavy atom. The lowest BCUT2D eigenvalue weighted by Gasteiger charge is -2.22. The molecule has 1 aliphatic carbocycles. The summed E-state index contributed by atoms with van der Waals surface area (Å²) < 4.78 is 5.52. The topological polar surface area (TPSA) is 67.4 Å². The van der Waals surface area contributed by atoms with Gasteiger partial charge in [0, 0.05) is 11.6 Å². The lowest BCUT2D eigenvalue weighted by molar-refractivity contribution is -0.124. The first-order chi connectivity index (χ1) is 13.1. The van der Waals surface area contributed by atoms with E-state index in [-0.39, 0.29) is 24.5 Å². The third-order valence-corrected chi connectivity index (χ3v) is 4.91. The molecule has 6 heteroatoms. The first-order valence-corrected chi connectivity index (χ1v) is 9.58. The molecular weight excluding hydrogens is 364 g/mol. The number of carbonyl (C=O) groups is 2. The van der Waals surface area contributed by atoms with Crippen molar-refractivity contribution >= 4 is 29.1 Å². The molecule has 1 aliphatic rings.